The molecule has 0 aliphatic heterocycles. The zero-order valence-electron chi connectivity index (χ0n) is 44.8. The highest BCUT2D eigenvalue weighted by atomic mass is 16.6. The molecule has 3 aliphatic carbocycles. The van der Waals surface area contributed by atoms with E-state index in [0.717, 1.165) is 44.5 Å². The van der Waals surface area contributed by atoms with Gasteiger partial charge in [0, 0.05) is 60.5 Å². The molecule has 3 aliphatic rings. The Morgan fingerprint density at radius 3 is 1.06 bits per heavy atom. The molecule has 0 fully saturated rings. The summed E-state index contributed by atoms with van der Waals surface area (Å²) in [5.74, 6) is -2.08. The first kappa shape index (κ1) is 54.4. The fourth-order valence-electron chi connectivity index (χ4n) is 10.1. The lowest BCUT2D eigenvalue weighted by Gasteiger charge is -2.25. The van der Waals surface area contributed by atoms with E-state index in [-0.39, 0.29) is 98.3 Å². The summed E-state index contributed by atoms with van der Waals surface area (Å²) in [5, 5.41) is 17.6. The molecule has 0 unspecified atom stereocenters. The SMILES string of the molecule is CC(C)(C)OC[C@H](NC(=O)OCC1c2ccccc2-c2ccccc21)C(=O)NCCNc1ccc(NCCNC(=O)[C@H](COC(C)(C)C)NC(=O)OCC2c3ccccc3-c3ccccc32)c2c1C(=O)c1ccccc1C2=O. The van der Waals surface area contributed by atoms with Crippen molar-refractivity contribution >= 4 is 46.9 Å². The van der Waals surface area contributed by atoms with Crippen molar-refractivity contribution in [2.75, 3.05) is 63.2 Å². The van der Waals surface area contributed by atoms with Crippen LogP contribution in [-0.4, -0.2) is 111 Å². The molecule has 16 nitrogen and oxygen atoms in total. The minimum atomic E-state index is -1.10. The molecule has 6 aromatic rings. The van der Waals surface area contributed by atoms with E-state index in [0.29, 0.717) is 11.4 Å². The minimum absolute atomic E-state index is 0.0679. The van der Waals surface area contributed by atoms with Gasteiger partial charge in [-0.1, -0.05) is 121 Å². The van der Waals surface area contributed by atoms with Crippen LogP contribution in [0.1, 0.15) is 107 Å². The third kappa shape index (κ3) is 12.4. The zero-order chi connectivity index (χ0) is 55.1. The topological polar surface area (TPSA) is 212 Å². The Labute approximate surface area is 454 Å². The quantitative estimate of drug-likeness (QED) is 0.0395. The third-order valence-corrected chi connectivity index (χ3v) is 13.8. The number of rotatable bonds is 20. The van der Waals surface area contributed by atoms with E-state index in [1.165, 1.54) is 0 Å². The number of benzene rings is 6. The summed E-state index contributed by atoms with van der Waals surface area (Å²) < 4.78 is 23.4. The van der Waals surface area contributed by atoms with Crippen LogP contribution in [0.2, 0.25) is 0 Å². The van der Waals surface area contributed by atoms with Gasteiger partial charge in [0.15, 0.2) is 11.6 Å². The Bertz CT molecular complexity index is 2950. The number of alkyl carbamates (subject to hydrolysis) is 2. The number of anilines is 2. The van der Waals surface area contributed by atoms with Gasteiger partial charge >= 0.3 is 12.2 Å². The Balaban J connectivity index is 0.811. The maximum Gasteiger partial charge on any atom is 0.407 e. The number of carbonyl (C=O) groups is 6. The molecule has 0 aromatic heterocycles. The molecule has 6 aromatic carbocycles. The number of carbonyl (C=O) groups excluding carboxylic acids is 6. The molecular weight excluding hydrogens is 989 g/mol. The van der Waals surface area contributed by atoms with E-state index in [9.17, 15) is 28.8 Å². The molecule has 0 bridgehead atoms. The van der Waals surface area contributed by atoms with Crippen molar-refractivity contribution in [2.45, 2.75) is 76.7 Å². The predicted octanol–water partition coefficient (Wildman–Crippen LogP) is 8.96. The molecule has 16 heteroatoms. The van der Waals surface area contributed by atoms with Crippen LogP contribution in [0.5, 0.6) is 0 Å². The molecule has 4 amide bonds. The van der Waals surface area contributed by atoms with Crippen LogP contribution in [0.3, 0.4) is 0 Å². The van der Waals surface area contributed by atoms with E-state index in [1.807, 2.05) is 114 Å². The first-order chi connectivity index (χ1) is 37.5. The second kappa shape index (κ2) is 23.5. The van der Waals surface area contributed by atoms with E-state index in [2.05, 4.69) is 56.2 Å². The monoisotopic (exact) mass is 1050 g/mol. The van der Waals surface area contributed by atoms with Crippen molar-refractivity contribution in [1.29, 1.82) is 0 Å². The number of amides is 4. The van der Waals surface area contributed by atoms with Gasteiger partial charge < -0.3 is 50.8 Å². The Morgan fingerprint density at radius 2 is 0.744 bits per heavy atom. The lowest BCUT2D eigenvalue weighted by molar-refractivity contribution is -0.127. The van der Waals surface area contributed by atoms with Gasteiger partial charge in [0.05, 0.1) is 35.5 Å². The third-order valence-electron chi connectivity index (χ3n) is 13.8. The molecule has 0 heterocycles. The molecule has 6 N–H and O–H groups in total. The lowest BCUT2D eigenvalue weighted by Crippen LogP contribution is -2.51. The summed E-state index contributed by atoms with van der Waals surface area (Å²) in [5.41, 5.74) is 8.94. The molecular formula is C62H66N6O10. The highest BCUT2D eigenvalue weighted by Gasteiger charge is 2.36. The van der Waals surface area contributed by atoms with Crippen LogP contribution in [0, 0.1) is 0 Å². The summed E-state index contributed by atoms with van der Waals surface area (Å²) in [6, 6.07) is 39.9. The number of ether oxygens (including phenoxy) is 4. The van der Waals surface area contributed by atoms with Crippen LogP contribution in [0.4, 0.5) is 21.0 Å². The summed E-state index contributed by atoms with van der Waals surface area (Å²) in [4.78, 5) is 82.6. The van der Waals surface area contributed by atoms with Gasteiger partial charge in [0.1, 0.15) is 25.3 Å². The van der Waals surface area contributed by atoms with Gasteiger partial charge in [0.25, 0.3) is 0 Å². The molecule has 2 atom stereocenters. The number of nitrogens with one attached hydrogen (secondary N) is 6. The molecule has 0 saturated heterocycles. The highest BCUT2D eigenvalue weighted by molar-refractivity contribution is 6.32. The van der Waals surface area contributed by atoms with E-state index < -0.39 is 47.3 Å². The Hall–Kier alpha value is -8.34. The fraction of sp³-hybridized carbons (Fsp3) is 0.323. The van der Waals surface area contributed by atoms with Gasteiger partial charge in [-0.2, -0.15) is 0 Å². The number of ketones is 2. The van der Waals surface area contributed by atoms with E-state index in [1.54, 1.807) is 36.4 Å². The maximum absolute atomic E-state index is 14.2. The second-order valence-electron chi connectivity index (χ2n) is 21.4. The molecule has 0 radical (unpaired) electrons. The largest absolute Gasteiger partial charge is 0.449 e. The van der Waals surface area contributed by atoms with Crippen LogP contribution in [0.15, 0.2) is 133 Å². The summed E-state index contributed by atoms with van der Waals surface area (Å²) in [6.45, 7) is 11.4. The first-order valence-corrected chi connectivity index (χ1v) is 26.3. The number of hydrogen-bond donors (Lipinski definition) is 6. The number of hydrogen-bond acceptors (Lipinski definition) is 12. The fourth-order valence-corrected chi connectivity index (χ4v) is 10.1. The molecule has 9 rings (SSSR count). The van der Waals surface area contributed by atoms with Crippen molar-refractivity contribution < 1.29 is 47.7 Å². The van der Waals surface area contributed by atoms with Gasteiger partial charge in [-0.25, -0.2) is 9.59 Å². The molecule has 404 valence electrons. The molecule has 0 spiro atoms. The Kier molecular flexibility index (Phi) is 16.4. The van der Waals surface area contributed by atoms with Gasteiger partial charge in [-0.05, 0) is 98.2 Å². The number of fused-ring (bicyclic) bond motifs is 8. The first-order valence-electron chi connectivity index (χ1n) is 26.3. The van der Waals surface area contributed by atoms with E-state index in [4.69, 9.17) is 18.9 Å². The van der Waals surface area contributed by atoms with Crippen LogP contribution in [-0.2, 0) is 28.5 Å². The van der Waals surface area contributed by atoms with Crippen molar-refractivity contribution in [3.05, 3.63) is 178 Å². The standard InChI is InChI=1S/C62H66N6O10/c1-61(2,3)77-35-51(67-59(73)75-33-47-41-21-11-7-17-37(41)38-18-8-12-22-42(38)47)57(71)65-31-29-63-49-27-28-50(54-53(49)55(69)45-25-15-16-26-46(45)56(54)70)64-30-32-66-58(72)52(36-78-62(4,5)6)68-60(74)76-34-48-43-23-13-9-19-39(43)40-20-10-14-24-44(40)48/h7-28,47-48,51-52,63-64H,29-36H2,1-6H3,(H,65,71)(H,66,72)(H,67,73)(H,68,74)/t51-,52-/m0/s1. The van der Waals surface area contributed by atoms with Crippen molar-refractivity contribution in [1.82, 2.24) is 21.3 Å². The normalized spacial score (nSPS) is 14.1. The van der Waals surface area contributed by atoms with Crippen LogP contribution >= 0.6 is 0 Å². The minimum Gasteiger partial charge on any atom is -0.449 e. The molecule has 0 saturated carbocycles. The van der Waals surface area contributed by atoms with Crippen LogP contribution in [0.25, 0.3) is 22.3 Å². The lowest BCUT2D eigenvalue weighted by atomic mass is 9.82. The second-order valence-corrected chi connectivity index (χ2v) is 21.4. The highest BCUT2D eigenvalue weighted by Crippen LogP contribution is 2.46. The predicted molar refractivity (Wildman–Crippen MR) is 298 cm³/mol. The average molecular weight is 1060 g/mol. The van der Waals surface area contributed by atoms with Gasteiger partial charge in [0.2, 0.25) is 11.8 Å². The average Bonchev–Trinajstić information content (AvgIpc) is 4.10. The maximum atomic E-state index is 14.2. The summed E-state index contributed by atoms with van der Waals surface area (Å²) in [6.07, 6.45) is -1.53. The van der Waals surface area contributed by atoms with Crippen LogP contribution < -0.4 is 31.9 Å². The van der Waals surface area contributed by atoms with Crippen molar-refractivity contribution in [3.63, 3.8) is 0 Å². The zero-order valence-corrected chi connectivity index (χ0v) is 44.8. The molecule has 78 heavy (non-hydrogen) atoms. The summed E-state index contributed by atoms with van der Waals surface area (Å²) >= 11 is 0. The van der Waals surface area contributed by atoms with Gasteiger partial charge in [-0.3, -0.25) is 19.2 Å². The van der Waals surface area contributed by atoms with E-state index >= 15 is 0 Å². The summed E-state index contributed by atoms with van der Waals surface area (Å²) in [7, 11) is 0. The Morgan fingerprint density at radius 1 is 0.436 bits per heavy atom. The van der Waals surface area contributed by atoms with Crippen molar-refractivity contribution in [3.8, 4) is 22.3 Å². The van der Waals surface area contributed by atoms with Gasteiger partial charge in [-0.15, -0.1) is 0 Å². The smallest absolute Gasteiger partial charge is 0.407 e. The van der Waals surface area contributed by atoms with Crippen molar-refractivity contribution in [2.24, 2.45) is 0 Å².